The predicted molar refractivity (Wildman–Crippen MR) is 57.3 cm³/mol. The monoisotopic (exact) mass is 238 g/mol. The lowest BCUT2D eigenvalue weighted by Gasteiger charge is -2.15. The molecule has 0 aliphatic heterocycles. The second kappa shape index (κ2) is 3.61. The third-order valence-electron chi connectivity index (χ3n) is 2.25. The number of phenols is 2. The minimum Gasteiger partial charge on any atom is -0.507 e. The lowest BCUT2D eigenvalue weighted by atomic mass is 9.92. The number of benzene rings is 1. The van der Waals surface area contributed by atoms with Gasteiger partial charge in [-0.2, -0.15) is 0 Å². The fraction of sp³-hybridized carbons (Fsp3) is 0. The molecule has 0 saturated carbocycles. The van der Waals surface area contributed by atoms with E-state index in [0.717, 1.165) is 18.2 Å². The molecule has 2 rings (SSSR count). The molecular weight excluding hydrogens is 231 g/mol. The summed E-state index contributed by atoms with van der Waals surface area (Å²) in [5.41, 5.74) is -0.430. The van der Waals surface area contributed by atoms with E-state index in [9.17, 15) is 19.8 Å². The van der Waals surface area contributed by atoms with E-state index in [0.29, 0.717) is 0 Å². The topological polar surface area (TPSA) is 83.8 Å². The summed E-state index contributed by atoms with van der Waals surface area (Å²) in [6.45, 7) is 0. The second-order valence-electron chi connectivity index (χ2n) is 3.17. The molecule has 82 valence electrons. The molecule has 16 heavy (non-hydrogen) atoms. The lowest BCUT2D eigenvalue weighted by Crippen LogP contribution is -2.17. The van der Waals surface area contributed by atoms with Crippen LogP contribution in [0.4, 0.5) is 0 Å². The van der Waals surface area contributed by atoms with E-state index in [1.807, 2.05) is 9.47 Å². The van der Waals surface area contributed by atoms with Gasteiger partial charge in [-0.25, -0.2) is 0 Å². The third-order valence-corrected chi connectivity index (χ3v) is 2.50. The van der Waals surface area contributed by atoms with Crippen LogP contribution in [-0.2, 0) is 4.52 Å². The summed E-state index contributed by atoms with van der Waals surface area (Å²) >= 11 is 0. The SMILES string of the molecule is O=C1C=C(OP)C(=O)c2c(O)ccc(O)c21. The summed E-state index contributed by atoms with van der Waals surface area (Å²) in [6, 6.07) is 2.30. The minimum absolute atomic E-state index is 0.191. The Hall–Kier alpha value is -1.87. The van der Waals surface area contributed by atoms with E-state index in [-0.39, 0.29) is 28.4 Å². The molecule has 0 spiro atoms. The van der Waals surface area contributed by atoms with E-state index >= 15 is 0 Å². The van der Waals surface area contributed by atoms with Crippen LogP contribution in [0.1, 0.15) is 20.7 Å². The maximum absolute atomic E-state index is 11.7. The van der Waals surface area contributed by atoms with Crippen molar-refractivity contribution in [1.82, 2.24) is 0 Å². The number of carbonyl (C=O) groups is 2. The number of phenolic OH excluding ortho intramolecular Hbond substituents is 2. The van der Waals surface area contributed by atoms with Gasteiger partial charge in [-0.1, -0.05) is 0 Å². The van der Waals surface area contributed by atoms with Gasteiger partial charge in [-0.15, -0.1) is 0 Å². The highest BCUT2D eigenvalue weighted by molar-refractivity contribution is 7.10. The van der Waals surface area contributed by atoms with Crippen molar-refractivity contribution in [3.63, 3.8) is 0 Å². The highest BCUT2D eigenvalue weighted by Crippen LogP contribution is 2.35. The van der Waals surface area contributed by atoms with Crippen molar-refractivity contribution in [1.29, 1.82) is 0 Å². The minimum atomic E-state index is -0.641. The molecule has 0 fully saturated rings. The molecule has 1 unspecified atom stereocenters. The van der Waals surface area contributed by atoms with Crippen LogP contribution in [0.15, 0.2) is 24.0 Å². The molecule has 0 saturated heterocycles. The van der Waals surface area contributed by atoms with Crippen LogP contribution < -0.4 is 0 Å². The van der Waals surface area contributed by atoms with Gasteiger partial charge in [-0.05, 0) is 12.1 Å². The number of aromatic hydroxyl groups is 2. The molecule has 1 aromatic carbocycles. The predicted octanol–water partition coefficient (Wildman–Crippen LogP) is 1.17. The molecule has 0 bridgehead atoms. The molecule has 5 nitrogen and oxygen atoms in total. The van der Waals surface area contributed by atoms with Crippen molar-refractivity contribution < 1.29 is 24.3 Å². The van der Waals surface area contributed by atoms with Crippen LogP contribution in [0.2, 0.25) is 0 Å². The first-order valence-electron chi connectivity index (χ1n) is 4.28. The third kappa shape index (κ3) is 1.37. The average Bonchev–Trinajstić information content (AvgIpc) is 2.26. The second-order valence-corrected chi connectivity index (χ2v) is 3.41. The van der Waals surface area contributed by atoms with Gasteiger partial charge in [0.15, 0.2) is 11.5 Å². The molecule has 1 aliphatic rings. The molecule has 0 heterocycles. The van der Waals surface area contributed by atoms with Crippen molar-refractivity contribution >= 4 is 21.0 Å². The van der Waals surface area contributed by atoms with E-state index in [4.69, 9.17) is 0 Å². The maximum atomic E-state index is 11.7. The van der Waals surface area contributed by atoms with Crippen LogP contribution in [0.5, 0.6) is 11.5 Å². The highest BCUT2D eigenvalue weighted by atomic mass is 31.0. The van der Waals surface area contributed by atoms with Crippen LogP contribution >= 0.6 is 9.47 Å². The van der Waals surface area contributed by atoms with Crippen LogP contribution in [0.3, 0.4) is 0 Å². The Kier molecular flexibility index (Phi) is 2.40. The molecule has 2 N–H and O–H groups in total. The van der Waals surface area contributed by atoms with Crippen LogP contribution in [0, 0.1) is 0 Å². The summed E-state index contributed by atoms with van der Waals surface area (Å²) in [5.74, 6) is -2.12. The zero-order chi connectivity index (χ0) is 11.9. The molecule has 0 aromatic heterocycles. The molecule has 6 heteroatoms. The summed E-state index contributed by atoms with van der Waals surface area (Å²) in [6.07, 6.45) is 0.969. The summed E-state index contributed by atoms with van der Waals surface area (Å²) in [7, 11) is 1.85. The summed E-state index contributed by atoms with van der Waals surface area (Å²) in [4.78, 5) is 23.3. The van der Waals surface area contributed by atoms with Crippen molar-refractivity contribution in [2.75, 3.05) is 0 Å². The number of rotatable bonds is 1. The lowest BCUT2D eigenvalue weighted by molar-refractivity contribution is 0.0947. The van der Waals surface area contributed by atoms with Gasteiger partial charge in [0, 0.05) is 6.08 Å². The van der Waals surface area contributed by atoms with Gasteiger partial charge in [0.25, 0.3) is 0 Å². The Bertz CT molecular complexity index is 532. The van der Waals surface area contributed by atoms with Crippen molar-refractivity contribution in [3.05, 3.63) is 35.1 Å². The van der Waals surface area contributed by atoms with Crippen LogP contribution in [0.25, 0.3) is 0 Å². The number of allylic oxidation sites excluding steroid dienone is 2. The zero-order valence-electron chi connectivity index (χ0n) is 7.93. The van der Waals surface area contributed by atoms with E-state index < -0.39 is 11.6 Å². The standard InChI is InChI=1S/C10H7O5P/c11-4-1-2-5(12)9-8(4)6(13)3-7(15-16)10(9)14/h1-3,11-12H,16H2. The molecule has 0 radical (unpaired) electrons. The average molecular weight is 238 g/mol. The molecule has 1 aromatic rings. The molecule has 1 atom stereocenters. The van der Waals surface area contributed by atoms with Gasteiger partial charge < -0.3 is 14.7 Å². The number of hydrogen-bond acceptors (Lipinski definition) is 5. The Labute approximate surface area is 92.6 Å². The van der Waals surface area contributed by atoms with Crippen molar-refractivity contribution in [3.8, 4) is 11.5 Å². The molecular formula is C10H7O5P. The molecule has 1 aliphatic carbocycles. The number of ketones is 2. The largest absolute Gasteiger partial charge is 0.507 e. The number of carbonyl (C=O) groups excluding carboxylic acids is 2. The first kappa shape index (κ1) is 10.6. The Morgan fingerprint density at radius 3 is 2.19 bits per heavy atom. The molecule has 0 amide bonds. The number of hydrogen-bond donors (Lipinski definition) is 2. The fourth-order valence-corrected chi connectivity index (χ4v) is 1.70. The quantitative estimate of drug-likeness (QED) is 0.566. The summed E-state index contributed by atoms with van der Waals surface area (Å²) < 4.78 is 4.64. The fourth-order valence-electron chi connectivity index (χ4n) is 1.53. The van der Waals surface area contributed by atoms with E-state index in [1.165, 1.54) is 0 Å². The van der Waals surface area contributed by atoms with Crippen LogP contribution in [-0.4, -0.2) is 21.8 Å². The Morgan fingerprint density at radius 2 is 1.62 bits per heavy atom. The summed E-state index contributed by atoms with van der Waals surface area (Å²) in [5, 5.41) is 19.0. The highest BCUT2D eigenvalue weighted by Gasteiger charge is 2.31. The van der Waals surface area contributed by atoms with E-state index in [2.05, 4.69) is 4.52 Å². The first-order chi connectivity index (χ1) is 7.56. The van der Waals surface area contributed by atoms with Gasteiger partial charge in [0.05, 0.1) is 20.6 Å². The van der Waals surface area contributed by atoms with Gasteiger partial charge in [0.2, 0.25) is 5.78 Å². The maximum Gasteiger partial charge on any atom is 0.232 e. The Balaban J connectivity index is 2.75. The van der Waals surface area contributed by atoms with Gasteiger partial charge >= 0.3 is 0 Å². The van der Waals surface area contributed by atoms with Crippen molar-refractivity contribution in [2.24, 2.45) is 0 Å². The first-order valence-corrected chi connectivity index (χ1v) is 4.75. The van der Waals surface area contributed by atoms with Crippen molar-refractivity contribution in [2.45, 2.75) is 0 Å². The van der Waals surface area contributed by atoms with Gasteiger partial charge in [-0.3, -0.25) is 9.59 Å². The smallest absolute Gasteiger partial charge is 0.232 e. The normalized spacial score (nSPS) is 14.4. The van der Waals surface area contributed by atoms with Gasteiger partial charge in [0.1, 0.15) is 11.5 Å². The number of Topliss-reactive ketones (excluding diaryl/α,β-unsaturated/α-hetero) is 1. The zero-order valence-corrected chi connectivity index (χ0v) is 9.08. The van der Waals surface area contributed by atoms with E-state index in [1.54, 1.807) is 0 Å². The Morgan fingerprint density at radius 1 is 1.06 bits per heavy atom. The number of fused-ring (bicyclic) bond motifs is 1.